The monoisotopic (exact) mass is 592 g/mol. The molecule has 44 heavy (non-hydrogen) atoms. The van der Waals surface area contributed by atoms with Gasteiger partial charge in [-0.25, -0.2) is 15.4 Å². The molecule has 226 valence electrons. The van der Waals surface area contributed by atoms with Gasteiger partial charge >= 0.3 is 0 Å². The minimum atomic E-state index is -0.0670. The number of likely N-dealkylation sites (tertiary alicyclic amines) is 1. The van der Waals surface area contributed by atoms with Gasteiger partial charge in [0.15, 0.2) is 11.6 Å². The molecule has 1 atom stereocenters. The van der Waals surface area contributed by atoms with E-state index in [0.717, 1.165) is 65.5 Å². The molecule has 1 amide bonds. The van der Waals surface area contributed by atoms with Crippen LogP contribution >= 0.6 is 0 Å². The van der Waals surface area contributed by atoms with E-state index in [1.807, 2.05) is 42.6 Å². The number of carbonyl (C=O) groups excluding carboxylic acids is 1. The lowest BCUT2D eigenvalue weighted by Gasteiger charge is -2.32. The van der Waals surface area contributed by atoms with Gasteiger partial charge in [0.05, 0.1) is 23.4 Å². The lowest BCUT2D eigenvalue weighted by atomic mass is 9.94. The van der Waals surface area contributed by atoms with Crippen LogP contribution in [0.1, 0.15) is 43.1 Å². The Morgan fingerprint density at radius 2 is 1.89 bits per heavy atom. The average molecular weight is 593 g/mol. The summed E-state index contributed by atoms with van der Waals surface area (Å²) in [4.78, 5) is 24.4. The predicted octanol–water partition coefficient (Wildman–Crippen LogP) is 3.23. The Morgan fingerprint density at radius 1 is 1.07 bits per heavy atom. The molecular formula is C32H36N10O2. The van der Waals surface area contributed by atoms with Gasteiger partial charge in [-0.1, -0.05) is 43.3 Å². The van der Waals surface area contributed by atoms with E-state index in [1.54, 1.807) is 0 Å². The molecule has 3 N–H and O–H groups in total. The van der Waals surface area contributed by atoms with Crippen LogP contribution in [-0.2, 0) is 11.3 Å². The van der Waals surface area contributed by atoms with E-state index in [2.05, 4.69) is 65.8 Å². The molecule has 12 heteroatoms. The SMILES string of the molecule is Cc1nnc2c(NC3CCN(CCO)CC3)nc(-c3nc4cc(C5=NNC(=O)CC5C)ccc4n3Cc3ccccc3)cn12. The van der Waals surface area contributed by atoms with Gasteiger partial charge in [0.25, 0.3) is 0 Å². The molecule has 1 unspecified atom stereocenters. The molecule has 0 spiro atoms. The number of aliphatic hydroxyl groups is 1. The largest absolute Gasteiger partial charge is 0.395 e. The topological polar surface area (TPSA) is 138 Å². The van der Waals surface area contributed by atoms with E-state index in [9.17, 15) is 9.90 Å². The van der Waals surface area contributed by atoms with Crippen LogP contribution < -0.4 is 10.7 Å². The third-order valence-corrected chi connectivity index (χ3v) is 8.62. The summed E-state index contributed by atoms with van der Waals surface area (Å²) in [5.74, 6) is 2.14. The number of rotatable bonds is 8. The number of nitrogens with one attached hydrogen (secondary N) is 2. The van der Waals surface area contributed by atoms with Crippen LogP contribution in [0.4, 0.5) is 5.82 Å². The van der Waals surface area contributed by atoms with Gasteiger partial charge < -0.3 is 19.9 Å². The summed E-state index contributed by atoms with van der Waals surface area (Å²) in [6, 6.07) is 16.8. The van der Waals surface area contributed by atoms with Crippen LogP contribution in [-0.4, -0.2) is 83.0 Å². The first-order chi connectivity index (χ1) is 21.5. The van der Waals surface area contributed by atoms with E-state index in [1.165, 1.54) is 0 Å². The molecule has 0 saturated carbocycles. The number of β-amino-alcohol motifs (C(OH)–C–C–N with tert-alkyl or cyclic N) is 1. The van der Waals surface area contributed by atoms with E-state index >= 15 is 0 Å². The van der Waals surface area contributed by atoms with E-state index in [4.69, 9.17) is 9.97 Å². The van der Waals surface area contributed by atoms with Gasteiger partial charge in [-0.05, 0) is 37.5 Å². The minimum absolute atomic E-state index is 0.0111. The van der Waals surface area contributed by atoms with E-state index < -0.39 is 0 Å². The molecule has 12 nitrogen and oxygen atoms in total. The lowest BCUT2D eigenvalue weighted by Crippen LogP contribution is -2.40. The maximum absolute atomic E-state index is 11.9. The molecular weight excluding hydrogens is 556 g/mol. The van der Waals surface area contributed by atoms with Crippen LogP contribution in [0.15, 0.2) is 59.8 Å². The first-order valence-electron chi connectivity index (χ1n) is 15.2. The van der Waals surface area contributed by atoms with Crippen molar-refractivity contribution in [2.45, 2.75) is 45.7 Å². The number of anilines is 1. The summed E-state index contributed by atoms with van der Waals surface area (Å²) in [6.07, 6.45) is 4.27. The summed E-state index contributed by atoms with van der Waals surface area (Å²) in [5, 5.41) is 26.2. The summed E-state index contributed by atoms with van der Waals surface area (Å²) in [6.45, 7) is 7.29. The number of hydrogen-bond acceptors (Lipinski definition) is 9. The molecule has 7 rings (SSSR count). The fourth-order valence-electron chi connectivity index (χ4n) is 6.26. The number of hydrogen-bond donors (Lipinski definition) is 3. The zero-order valence-electron chi connectivity index (χ0n) is 24.9. The molecule has 2 aliphatic rings. The highest BCUT2D eigenvalue weighted by Crippen LogP contribution is 2.30. The van der Waals surface area contributed by atoms with Crippen LogP contribution in [0.3, 0.4) is 0 Å². The standard InChI is InChI=1S/C32H36N10O2/c1-20-16-28(44)37-38-29(20)23-8-9-27-25(17-23)35-31(42(27)18-22-6-4-3-5-7-22)26-19-41-21(2)36-39-32(41)30(34-26)33-24-10-12-40(13-11-24)14-15-43/h3-9,17,19-20,24,43H,10-16,18H2,1-2H3,(H,33,34)(H,37,44). The maximum Gasteiger partial charge on any atom is 0.240 e. The number of imidazole rings is 1. The van der Waals surface area contributed by atoms with Crippen molar-refractivity contribution in [2.24, 2.45) is 11.0 Å². The second-order valence-electron chi connectivity index (χ2n) is 11.7. The van der Waals surface area contributed by atoms with Crippen LogP contribution in [0.2, 0.25) is 0 Å². The molecule has 5 aromatic rings. The van der Waals surface area contributed by atoms with Crippen molar-refractivity contribution < 1.29 is 9.90 Å². The van der Waals surface area contributed by atoms with Gasteiger partial charge in [0.2, 0.25) is 11.6 Å². The summed E-state index contributed by atoms with van der Waals surface area (Å²) < 4.78 is 4.18. The van der Waals surface area contributed by atoms with Crippen molar-refractivity contribution in [3.8, 4) is 11.5 Å². The van der Waals surface area contributed by atoms with Gasteiger partial charge in [-0.3, -0.25) is 9.20 Å². The Morgan fingerprint density at radius 3 is 2.66 bits per heavy atom. The Labute approximate surface area is 254 Å². The summed E-state index contributed by atoms with van der Waals surface area (Å²) in [7, 11) is 0. The highest BCUT2D eigenvalue weighted by atomic mass is 16.3. The van der Waals surface area contributed by atoms with Gasteiger partial charge in [-0.2, -0.15) is 5.10 Å². The number of benzene rings is 2. The molecule has 2 aromatic carbocycles. The zero-order valence-corrected chi connectivity index (χ0v) is 24.9. The van der Waals surface area contributed by atoms with Crippen LogP contribution in [0, 0.1) is 12.8 Å². The van der Waals surface area contributed by atoms with Gasteiger partial charge in [0, 0.05) is 56.3 Å². The van der Waals surface area contributed by atoms with Crippen LogP contribution in [0.25, 0.3) is 28.2 Å². The Hall–Kier alpha value is -4.68. The second-order valence-corrected chi connectivity index (χ2v) is 11.7. The smallest absolute Gasteiger partial charge is 0.240 e. The number of nitrogens with zero attached hydrogens (tertiary/aromatic N) is 8. The molecule has 2 aliphatic heterocycles. The van der Waals surface area contributed by atoms with Gasteiger partial charge in [-0.15, -0.1) is 10.2 Å². The Bertz CT molecular complexity index is 1850. The van der Waals surface area contributed by atoms with Crippen molar-refractivity contribution in [3.05, 3.63) is 71.7 Å². The number of fused-ring (bicyclic) bond motifs is 2. The molecule has 1 saturated heterocycles. The maximum atomic E-state index is 11.9. The molecule has 0 aliphatic carbocycles. The van der Waals surface area contributed by atoms with Crippen molar-refractivity contribution >= 4 is 34.1 Å². The molecule has 3 aromatic heterocycles. The second kappa shape index (κ2) is 11.8. The normalized spacial score (nSPS) is 18.1. The number of hydrazone groups is 1. The molecule has 0 bridgehead atoms. The number of amides is 1. The predicted molar refractivity (Wildman–Crippen MR) is 168 cm³/mol. The van der Waals surface area contributed by atoms with E-state index in [0.29, 0.717) is 36.7 Å². The number of aliphatic hydroxyl groups excluding tert-OH is 1. The molecule has 0 radical (unpaired) electrons. The van der Waals surface area contributed by atoms with Crippen molar-refractivity contribution in [3.63, 3.8) is 0 Å². The number of aryl methyl sites for hydroxylation is 1. The van der Waals surface area contributed by atoms with Crippen LogP contribution in [0.5, 0.6) is 0 Å². The Balaban J connectivity index is 1.32. The number of aromatic nitrogens is 6. The van der Waals surface area contributed by atoms with Gasteiger partial charge in [0.1, 0.15) is 11.5 Å². The first-order valence-corrected chi connectivity index (χ1v) is 15.2. The average Bonchev–Trinajstić information content (AvgIpc) is 3.58. The minimum Gasteiger partial charge on any atom is -0.395 e. The highest BCUT2D eigenvalue weighted by molar-refractivity contribution is 6.07. The first kappa shape index (κ1) is 28.1. The number of carbonyl (C=O) groups is 1. The zero-order chi connectivity index (χ0) is 30.2. The van der Waals surface area contributed by atoms with Crippen molar-refractivity contribution in [1.29, 1.82) is 0 Å². The fourth-order valence-corrected chi connectivity index (χ4v) is 6.26. The number of piperidine rings is 1. The molecule has 5 heterocycles. The quantitative estimate of drug-likeness (QED) is 0.250. The van der Waals surface area contributed by atoms with Crippen molar-refractivity contribution in [2.75, 3.05) is 31.6 Å². The fraction of sp³-hybridized carbons (Fsp3) is 0.375. The van der Waals surface area contributed by atoms with Crippen molar-refractivity contribution in [1.82, 2.24) is 39.5 Å². The third-order valence-electron chi connectivity index (χ3n) is 8.62. The molecule has 1 fully saturated rings. The Kier molecular flexibility index (Phi) is 7.52. The lowest BCUT2D eigenvalue weighted by molar-refractivity contribution is -0.121. The highest BCUT2D eigenvalue weighted by Gasteiger charge is 2.25. The summed E-state index contributed by atoms with van der Waals surface area (Å²) >= 11 is 0. The van der Waals surface area contributed by atoms with E-state index in [-0.39, 0.29) is 24.5 Å². The third kappa shape index (κ3) is 5.42. The summed E-state index contributed by atoms with van der Waals surface area (Å²) in [5.41, 5.74) is 8.77.